The third kappa shape index (κ3) is 2.65. The van der Waals surface area contributed by atoms with Crippen molar-refractivity contribution in [2.45, 2.75) is 12.8 Å². The number of hydrogen-bond donors (Lipinski definition) is 1. The van der Waals surface area contributed by atoms with Gasteiger partial charge in [-0.1, -0.05) is 6.07 Å². The molecule has 4 heteroatoms. The van der Waals surface area contributed by atoms with Crippen molar-refractivity contribution in [1.29, 1.82) is 0 Å². The van der Waals surface area contributed by atoms with Crippen LogP contribution in [0.25, 0.3) is 5.69 Å². The van der Waals surface area contributed by atoms with E-state index in [1.54, 1.807) is 7.11 Å². The predicted molar refractivity (Wildman–Crippen MR) is 67.5 cm³/mol. The molecule has 0 saturated heterocycles. The molecule has 1 heterocycles. The number of hydrogen-bond acceptors (Lipinski definition) is 3. The molecule has 2 aromatic rings. The van der Waals surface area contributed by atoms with Gasteiger partial charge in [-0.2, -0.15) is 5.10 Å². The van der Waals surface area contributed by atoms with Crippen molar-refractivity contribution >= 4 is 0 Å². The molecule has 1 aromatic heterocycles. The van der Waals surface area contributed by atoms with Crippen LogP contribution in [0, 0.1) is 0 Å². The molecular formula is C13H17N3O. The van der Waals surface area contributed by atoms with Crippen LogP contribution in [0.2, 0.25) is 0 Å². The molecular weight excluding hydrogens is 214 g/mol. The van der Waals surface area contributed by atoms with Crippen LogP contribution in [-0.4, -0.2) is 23.4 Å². The number of aryl methyl sites for hydroxylation is 1. The van der Waals surface area contributed by atoms with Crippen LogP contribution in [0.15, 0.2) is 36.5 Å². The fraction of sp³-hybridized carbons (Fsp3) is 0.308. The highest BCUT2D eigenvalue weighted by molar-refractivity contribution is 5.39. The van der Waals surface area contributed by atoms with E-state index in [1.807, 2.05) is 41.2 Å². The number of ether oxygens (including phenoxy) is 1. The highest BCUT2D eigenvalue weighted by Crippen LogP contribution is 2.17. The van der Waals surface area contributed by atoms with Crippen LogP contribution in [0.4, 0.5) is 0 Å². The maximum Gasteiger partial charge on any atom is 0.121 e. The van der Waals surface area contributed by atoms with Gasteiger partial charge in [0, 0.05) is 18.0 Å². The van der Waals surface area contributed by atoms with Gasteiger partial charge in [-0.3, -0.25) is 0 Å². The Morgan fingerprint density at radius 2 is 2.24 bits per heavy atom. The molecule has 0 fully saturated rings. The first-order valence-electron chi connectivity index (χ1n) is 5.72. The molecule has 90 valence electrons. The van der Waals surface area contributed by atoms with Crippen molar-refractivity contribution in [3.63, 3.8) is 0 Å². The topological polar surface area (TPSA) is 53.1 Å². The van der Waals surface area contributed by atoms with E-state index < -0.39 is 0 Å². The van der Waals surface area contributed by atoms with E-state index in [4.69, 9.17) is 10.5 Å². The van der Waals surface area contributed by atoms with Crippen molar-refractivity contribution in [2.75, 3.05) is 13.7 Å². The monoisotopic (exact) mass is 231 g/mol. The summed E-state index contributed by atoms with van der Waals surface area (Å²) in [4.78, 5) is 0. The normalized spacial score (nSPS) is 10.5. The van der Waals surface area contributed by atoms with Crippen LogP contribution in [-0.2, 0) is 6.42 Å². The first-order chi connectivity index (χ1) is 8.35. The molecule has 0 aliphatic heterocycles. The summed E-state index contributed by atoms with van der Waals surface area (Å²) in [5, 5.41) is 4.34. The maximum absolute atomic E-state index is 5.53. The van der Waals surface area contributed by atoms with Crippen molar-refractivity contribution in [1.82, 2.24) is 9.78 Å². The van der Waals surface area contributed by atoms with E-state index in [-0.39, 0.29) is 0 Å². The van der Waals surface area contributed by atoms with Crippen LogP contribution in [0.1, 0.15) is 12.1 Å². The van der Waals surface area contributed by atoms with Gasteiger partial charge in [-0.25, -0.2) is 4.68 Å². The largest absolute Gasteiger partial charge is 0.497 e. The predicted octanol–water partition coefficient (Wildman–Crippen LogP) is 1.77. The average Bonchev–Trinajstić information content (AvgIpc) is 2.84. The number of nitrogens with zero attached hydrogens (tertiary/aromatic N) is 2. The van der Waals surface area contributed by atoms with E-state index in [2.05, 4.69) is 5.10 Å². The second-order valence-electron chi connectivity index (χ2n) is 3.83. The minimum absolute atomic E-state index is 0.698. The van der Waals surface area contributed by atoms with E-state index in [9.17, 15) is 0 Å². The minimum Gasteiger partial charge on any atom is -0.497 e. The van der Waals surface area contributed by atoms with Gasteiger partial charge in [-0.05, 0) is 37.6 Å². The SMILES string of the molecule is COc1cccc(-n2nccc2CCCN)c1. The van der Waals surface area contributed by atoms with E-state index in [1.165, 1.54) is 5.69 Å². The number of rotatable bonds is 5. The summed E-state index contributed by atoms with van der Waals surface area (Å²) in [6.07, 6.45) is 3.72. The zero-order valence-electron chi connectivity index (χ0n) is 9.97. The second kappa shape index (κ2) is 5.50. The van der Waals surface area contributed by atoms with Crippen LogP contribution < -0.4 is 10.5 Å². The summed E-state index contributed by atoms with van der Waals surface area (Å²) in [5.41, 5.74) is 7.72. The Morgan fingerprint density at radius 3 is 3.00 bits per heavy atom. The van der Waals surface area contributed by atoms with Crippen molar-refractivity contribution in [2.24, 2.45) is 5.73 Å². The van der Waals surface area contributed by atoms with Crippen LogP contribution in [0.3, 0.4) is 0 Å². The zero-order valence-corrected chi connectivity index (χ0v) is 9.97. The molecule has 0 saturated carbocycles. The van der Waals surface area contributed by atoms with Gasteiger partial charge in [0.15, 0.2) is 0 Å². The molecule has 17 heavy (non-hydrogen) atoms. The summed E-state index contributed by atoms with van der Waals surface area (Å²) in [6.45, 7) is 0.698. The van der Waals surface area contributed by atoms with Gasteiger partial charge in [0.1, 0.15) is 5.75 Å². The molecule has 0 radical (unpaired) electrons. The van der Waals surface area contributed by atoms with Gasteiger partial charge in [-0.15, -0.1) is 0 Å². The quantitative estimate of drug-likeness (QED) is 0.853. The number of nitrogens with two attached hydrogens (primary N) is 1. The molecule has 4 nitrogen and oxygen atoms in total. The summed E-state index contributed by atoms with van der Waals surface area (Å²) in [7, 11) is 1.66. The lowest BCUT2D eigenvalue weighted by atomic mass is 10.2. The Kier molecular flexibility index (Phi) is 3.77. The molecule has 0 bridgehead atoms. The molecule has 0 atom stereocenters. The summed E-state index contributed by atoms with van der Waals surface area (Å²) in [5.74, 6) is 0.836. The Bertz CT molecular complexity index is 479. The fourth-order valence-electron chi connectivity index (χ4n) is 1.78. The Morgan fingerprint density at radius 1 is 1.35 bits per heavy atom. The molecule has 1 aromatic carbocycles. The Labute approximate surface area is 101 Å². The standard InChI is InChI=1S/C13H17N3O/c1-17-13-6-2-4-12(10-13)16-11(5-3-8-14)7-9-15-16/h2,4,6-7,9-10H,3,5,8,14H2,1H3. The minimum atomic E-state index is 0.698. The van der Waals surface area contributed by atoms with Crippen LogP contribution in [0.5, 0.6) is 5.75 Å². The zero-order chi connectivity index (χ0) is 12.1. The Balaban J connectivity index is 2.28. The third-order valence-electron chi connectivity index (χ3n) is 2.66. The molecule has 0 aliphatic rings. The summed E-state index contributed by atoms with van der Waals surface area (Å²) >= 11 is 0. The van der Waals surface area contributed by atoms with E-state index >= 15 is 0 Å². The van der Waals surface area contributed by atoms with Gasteiger partial charge in [0.25, 0.3) is 0 Å². The summed E-state index contributed by atoms with van der Waals surface area (Å²) in [6, 6.07) is 9.89. The third-order valence-corrected chi connectivity index (χ3v) is 2.66. The molecule has 2 N–H and O–H groups in total. The second-order valence-corrected chi connectivity index (χ2v) is 3.83. The van der Waals surface area contributed by atoms with Gasteiger partial charge in [0.05, 0.1) is 12.8 Å². The lowest BCUT2D eigenvalue weighted by Crippen LogP contribution is -2.06. The fourth-order valence-corrected chi connectivity index (χ4v) is 1.78. The summed E-state index contributed by atoms with van der Waals surface area (Å²) < 4.78 is 7.14. The van der Waals surface area contributed by atoms with Gasteiger partial charge < -0.3 is 10.5 Å². The first kappa shape index (κ1) is 11.7. The average molecular weight is 231 g/mol. The number of methoxy groups -OCH3 is 1. The van der Waals surface area contributed by atoms with Crippen LogP contribution >= 0.6 is 0 Å². The maximum atomic E-state index is 5.53. The lowest BCUT2D eigenvalue weighted by Gasteiger charge is -2.08. The first-order valence-corrected chi connectivity index (χ1v) is 5.72. The molecule has 0 spiro atoms. The molecule has 0 aliphatic carbocycles. The van der Waals surface area contributed by atoms with Gasteiger partial charge >= 0.3 is 0 Å². The smallest absolute Gasteiger partial charge is 0.121 e. The molecule has 0 amide bonds. The molecule has 0 unspecified atom stereocenters. The van der Waals surface area contributed by atoms with Gasteiger partial charge in [0.2, 0.25) is 0 Å². The highest BCUT2D eigenvalue weighted by Gasteiger charge is 2.05. The Hall–Kier alpha value is -1.81. The van der Waals surface area contributed by atoms with Crippen molar-refractivity contribution in [3.8, 4) is 11.4 Å². The van der Waals surface area contributed by atoms with E-state index in [0.717, 1.165) is 24.3 Å². The van der Waals surface area contributed by atoms with Crippen molar-refractivity contribution in [3.05, 3.63) is 42.2 Å². The highest BCUT2D eigenvalue weighted by atomic mass is 16.5. The number of benzene rings is 1. The van der Waals surface area contributed by atoms with Crippen molar-refractivity contribution < 1.29 is 4.74 Å². The lowest BCUT2D eigenvalue weighted by molar-refractivity contribution is 0.414. The van der Waals surface area contributed by atoms with E-state index in [0.29, 0.717) is 6.54 Å². The number of aromatic nitrogens is 2. The molecule has 2 rings (SSSR count).